The Kier molecular flexibility index (Phi) is 10.5. The number of rotatable bonds is 3. The van der Waals surface area contributed by atoms with E-state index in [9.17, 15) is 0 Å². The van der Waals surface area contributed by atoms with Crippen LogP contribution in [-0.4, -0.2) is 9.52 Å². The van der Waals surface area contributed by atoms with E-state index >= 15 is 0 Å². The maximum Gasteiger partial charge on any atom is 4.00 e. The third-order valence-electron chi connectivity index (χ3n) is 4.38. The van der Waals surface area contributed by atoms with Crippen LogP contribution in [0, 0.1) is 22.3 Å². The van der Waals surface area contributed by atoms with Crippen molar-refractivity contribution in [1.29, 1.82) is 0 Å². The summed E-state index contributed by atoms with van der Waals surface area (Å²) in [6, 6.07) is 19.9. The van der Waals surface area contributed by atoms with Gasteiger partial charge in [-0.2, -0.15) is 12.1 Å². The van der Waals surface area contributed by atoms with Gasteiger partial charge < -0.3 is 22.3 Å². The average molecular weight is 504 g/mol. The largest absolute Gasteiger partial charge is 4.00 e. The van der Waals surface area contributed by atoms with Crippen molar-refractivity contribution in [1.82, 2.24) is 0 Å². The second kappa shape index (κ2) is 9.95. The normalized spacial score (nSPS) is 18.9. The van der Waals surface area contributed by atoms with Crippen LogP contribution in [0.2, 0.25) is 0 Å². The molecule has 0 heterocycles. The molecule has 0 radical (unpaired) electrons. The zero-order chi connectivity index (χ0) is 13.3. The Bertz CT molecular complexity index is 623. The molecule has 0 bridgehead atoms. The van der Waals surface area contributed by atoms with E-state index in [-0.39, 0.29) is 48.4 Å². The van der Waals surface area contributed by atoms with Crippen LogP contribution in [0.5, 0.6) is 0 Å². The Morgan fingerprint density at radius 2 is 1.43 bits per heavy atom. The van der Waals surface area contributed by atoms with Crippen LogP contribution in [0.3, 0.4) is 0 Å². The molecular formula is C21H28PtSi. The van der Waals surface area contributed by atoms with E-state index in [0.29, 0.717) is 0 Å². The summed E-state index contributed by atoms with van der Waals surface area (Å²) >= 11 is 0. The third kappa shape index (κ3) is 4.49. The SMILES string of the molecule is CC1=C(C)C([SiH2]c2ccccc2)([c-]2cccc2)C=C1.[CH3-].[CH3-].[CH3-].[Pt+4]. The molecule has 0 amide bonds. The van der Waals surface area contributed by atoms with Crippen molar-refractivity contribution < 1.29 is 21.1 Å². The molecule has 1 aliphatic carbocycles. The van der Waals surface area contributed by atoms with Gasteiger partial charge in [-0.1, -0.05) is 58.8 Å². The van der Waals surface area contributed by atoms with E-state index < -0.39 is 9.52 Å². The first-order valence-corrected chi connectivity index (χ1v) is 8.27. The Morgan fingerprint density at radius 3 is 1.91 bits per heavy atom. The van der Waals surface area contributed by atoms with E-state index in [1.165, 1.54) is 21.9 Å². The predicted octanol–water partition coefficient (Wildman–Crippen LogP) is 4.35. The fraction of sp³-hybridized carbons (Fsp3) is 0.143. The summed E-state index contributed by atoms with van der Waals surface area (Å²) in [6.45, 7) is 4.54. The molecule has 0 fully saturated rings. The van der Waals surface area contributed by atoms with Gasteiger partial charge in [-0.15, -0.1) is 5.56 Å². The van der Waals surface area contributed by atoms with Gasteiger partial charge in [0.25, 0.3) is 0 Å². The Balaban J connectivity index is 0. The number of benzene rings is 1. The minimum atomic E-state index is -0.435. The summed E-state index contributed by atoms with van der Waals surface area (Å²) in [6.07, 6.45) is 4.74. The van der Waals surface area contributed by atoms with Gasteiger partial charge in [0.2, 0.25) is 0 Å². The summed E-state index contributed by atoms with van der Waals surface area (Å²) in [5.41, 5.74) is 4.44. The topological polar surface area (TPSA) is 0 Å². The van der Waals surface area contributed by atoms with Gasteiger partial charge in [0.05, 0.1) is 9.52 Å². The van der Waals surface area contributed by atoms with E-state index in [1.807, 2.05) is 0 Å². The minimum absolute atomic E-state index is 0. The molecule has 0 aliphatic heterocycles. The predicted molar refractivity (Wildman–Crippen MR) is 105 cm³/mol. The molecule has 2 aromatic carbocycles. The van der Waals surface area contributed by atoms with E-state index in [2.05, 4.69) is 80.6 Å². The molecule has 126 valence electrons. The number of hydrogen-bond donors (Lipinski definition) is 0. The molecule has 3 rings (SSSR count). The van der Waals surface area contributed by atoms with Crippen LogP contribution in [-0.2, 0) is 26.1 Å². The number of allylic oxidation sites excluding steroid dienone is 4. The van der Waals surface area contributed by atoms with Crippen molar-refractivity contribution in [3.63, 3.8) is 0 Å². The molecule has 0 spiro atoms. The van der Waals surface area contributed by atoms with Gasteiger partial charge in [0.15, 0.2) is 0 Å². The summed E-state index contributed by atoms with van der Waals surface area (Å²) in [7, 11) is -0.435. The molecule has 0 N–H and O–H groups in total. The van der Waals surface area contributed by atoms with Gasteiger partial charge in [-0.25, -0.2) is 12.1 Å². The molecule has 23 heavy (non-hydrogen) atoms. The smallest absolute Gasteiger partial charge is 0.358 e. The fourth-order valence-electron chi connectivity index (χ4n) is 3.06. The summed E-state index contributed by atoms with van der Waals surface area (Å²) in [4.78, 5) is 0. The third-order valence-corrected chi connectivity index (χ3v) is 6.99. The summed E-state index contributed by atoms with van der Waals surface area (Å²) in [5, 5.41) is 1.72. The van der Waals surface area contributed by atoms with Gasteiger partial charge in [0, 0.05) is 0 Å². The van der Waals surface area contributed by atoms with Crippen molar-refractivity contribution >= 4 is 14.7 Å². The van der Waals surface area contributed by atoms with Crippen molar-refractivity contribution in [3.8, 4) is 0 Å². The maximum absolute atomic E-state index is 2.44. The molecule has 1 unspecified atom stereocenters. The molecule has 0 saturated carbocycles. The van der Waals surface area contributed by atoms with Crippen LogP contribution < -0.4 is 5.19 Å². The standard InChI is InChI=1S/C18H19Si.3CH3.Pt/c1-14-12-13-18(15(14)2,16-8-6-7-9-16)19-17-10-4-3-5-11-17;;;;/h3-13H,19H2,1-2H3;3*1H3;/q4*-1;+4. The second-order valence-electron chi connectivity index (χ2n) is 5.45. The minimum Gasteiger partial charge on any atom is -0.358 e. The summed E-state index contributed by atoms with van der Waals surface area (Å²) < 4.78 is 0. The fourth-order valence-corrected chi connectivity index (χ4v) is 5.44. The second-order valence-corrected chi connectivity index (χ2v) is 7.73. The zero-order valence-corrected chi connectivity index (χ0v) is 18.6. The molecule has 2 heteroatoms. The van der Waals surface area contributed by atoms with Gasteiger partial charge in [0.1, 0.15) is 0 Å². The molecule has 2 aromatic rings. The van der Waals surface area contributed by atoms with Gasteiger partial charge in [-0.05, 0) is 18.9 Å². The van der Waals surface area contributed by atoms with Crippen LogP contribution in [0.15, 0.2) is 77.9 Å². The Labute approximate surface area is 160 Å². The van der Waals surface area contributed by atoms with Crippen molar-refractivity contribution in [2.24, 2.45) is 0 Å². The van der Waals surface area contributed by atoms with E-state index in [1.54, 1.807) is 0 Å². The van der Waals surface area contributed by atoms with Crippen LogP contribution in [0.1, 0.15) is 19.4 Å². The van der Waals surface area contributed by atoms with E-state index in [0.717, 1.165) is 0 Å². The molecule has 1 atom stereocenters. The van der Waals surface area contributed by atoms with Crippen molar-refractivity contribution in [2.75, 3.05) is 0 Å². The zero-order valence-electron chi connectivity index (χ0n) is 14.9. The number of hydrogen-bond acceptors (Lipinski definition) is 0. The van der Waals surface area contributed by atoms with Crippen LogP contribution >= 0.6 is 0 Å². The Morgan fingerprint density at radius 1 is 0.870 bits per heavy atom. The quantitative estimate of drug-likeness (QED) is 0.432. The maximum atomic E-state index is 2.44. The first-order chi connectivity index (χ1) is 9.22. The monoisotopic (exact) mass is 503 g/mol. The van der Waals surface area contributed by atoms with Crippen molar-refractivity contribution in [2.45, 2.75) is 18.9 Å². The van der Waals surface area contributed by atoms with Crippen LogP contribution in [0.4, 0.5) is 0 Å². The van der Waals surface area contributed by atoms with Gasteiger partial charge in [-0.3, -0.25) is 0 Å². The molecule has 0 aromatic heterocycles. The molecule has 1 aliphatic rings. The van der Waals surface area contributed by atoms with Crippen LogP contribution in [0.25, 0.3) is 0 Å². The summed E-state index contributed by atoms with van der Waals surface area (Å²) in [5.74, 6) is 0. The van der Waals surface area contributed by atoms with E-state index in [4.69, 9.17) is 0 Å². The van der Waals surface area contributed by atoms with Crippen molar-refractivity contribution in [3.05, 3.63) is 106 Å². The Hall–Kier alpha value is -1.04. The molecule has 0 saturated heterocycles. The van der Waals surface area contributed by atoms with Gasteiger partial charge >= 0.3 is 21.1 Å². The average Bonchev–Trinajstić information content (AvgIpc) is 3.05. The molecular weight excluding hydrogens is 475 g/mol. The molecule has 0 nitrogen and oxygen atoms in total. The first kappa shape index (κ1) is 24.2. The first-order valence-electron chi connectivity index (χ1n) is 6.86.